The number of para-hydroxylation sites is 1. The number of H-pyrrole nitrogens is 1. The van der Waals surface area contributed by atoms with Crippen molar-refractivity contribution in [2.75, 3.05) is 0 Å². The standard InChI is InChI=1S/C29H36N4O6/c1-5-17(3)23(26(35)32-24(28(37)38)18(4)6-2)31-25(34)22(16-19-12-8-7-9-13-19)33-27(36)20-14-10-11-15-21(20)30-29(33)39/h7-15,17-18,22-24H,5-6,16H2,1-4H3,(H,30,39)(H,31,34)(H,32,35)(H,37,38)/t17-,18+,22-,23-,24-/m0/s1. The minimum atomic E-state index is -1.27. The zero-order valence-electron chi connectivity index (χ0n) is 22.6. The molecule has 0 fully saturated rings. The van der Waals surface area contributed by atoms with E-state index >= 15 is 0 Å². The maximum atomic E-state index is 13.8. The molecule has 0 aliphatic rings. The smallest absolute Gasteiger partial charge is 0.329 e. The highest BCUT2D eigenvalue weighted by molar-refractivity contribution is 5.92. The molecule has 0 saturated carbocycles. The summed E-state index contributed by atoms with van der Waals surface area (Å²) in [6, 6.07) is 12.0. The highest BCUT2D eigenvalue weighted by Gasteiger charge is 2.34. The van der Waals surface area contributed by atoms with Gasteiger partial charge in [0.2, 0.25) is 11.8 Å². The van der Waals surface area contributed by atoms with Gasteiger partial charge < -0.3 is 20.7 Å². The Kier molecular flexibility index (Phi) is 9.81. The van der Waals surface area contributed by atoms with Gasteiger partial charge in [0.05, 0.1) is 10.9 Å². The van der Waals surface area contributed by atoms with Crippen LogP contribution in [-0.4, -0.2) is 44.5 Å². The van der Waals surface area contributed by atoms with Crippen LogP contribution in [0.15, 0.2) is 64.2 Å². The number of nitrogens with zero attached hydrogens (tertiary/aromatic N) is 1. The molecule has 4 N–H and O–H groups in total. The summed E-state index contributed by atoms with van der Waals surface area (Å²) in [6.07, 6.45) is 1.07. The third kappa shape index (κ3) is 6.81. The van der Waals surface area contributed by atoms with Crippen LogP contribution in [0, 0.1) is 11.8 Å². The molecule has 0 spiro atoms. The van der Waals surface area contributed by atoms with E-state index < -0.39 is 47.2 Å². The number of rotatable bonds is 12. The first-order valence-corrected chi connectivity index (χ1v) is 13.2. The molecule has 0 bridgehead atoms. The summed E-state index contributed by atoms with van der Waals surface area (Å²) in [5.74, 6) is -3.19. The molecule has 0 radical (unpaired) electrons. The van der Waals surface area contributed by atoms with Crippen LogP contribution in [0.25, 0.3) is 10.9 Å². The van der Waals surface area contributed by atoms with Crippen molar-refractivity contribution in [2.24, 2.45) is 11.8 Å². The monoisotopic (exact) mass is 536 g/mol. The number of carboxylic acids is 1. The molecule has 5 atom stereocenters. The van der Waals surface area contributed by atoms with E-state index in [1.54, 1.807) is 62.4 Å². The van der Waals surface area contributed by atoms with E-state index in [9.17, 15) is 29.1 Å². The molecular formula is C29H36N4O6. The Morgan fingerprint density at radius 2 is 1.41 bits per heavy atom. The van der Waals surface area contributed by atoms with E-state index in [0.717, 1.165) is 4.57 Å². The van der Waals surface area contributed by atoms with Gasteiger partial charge in [0.1, 0.15) is 18.1 Å². The lowest BCUT2D eigenvalue weighted by atomic mass is 9.95. The number of aliphatic carboxylic acids is 1. The Bertz CT molecular complexity index is 1430. The quantitative estimate of drug-likeness (QED) is 0.279. The van der Waals surface area contributed by atoms with E-state index in [0.29, 0.717) is 23.9 Å². The van der Waals surface area contributed by atoms with E-state index in [1.807, 2.05) is 19.9 Å². The maximum Gasteiger partial charge on any atom is 0.329 e. The molecule has 2 amide bonds. The van der Waals surface area contributed by atoms with Gasteiger partial charge in [-0.05, 0) is 29.5 Å². The zero-order valence-corrected chi connectivity index (χ0v) is 22.6. The Morgan fingerprint density at radius 3 is 2.03 bits per heavy atom. The molecule has 3 aromatic rings. The van der Waals surface area contributed by atoms with Crippen LogP contribution in [-0.2, 0) is 20.8 Å². The largest absolute Gasteiger partial charge is 0.480 e. The Balaban J connectivity index is 2.03. The molecule has 208 valence electrons. The topological polar surface area (TPSA) is 150 Å². The summed E-state index contributed by atoms with van der Waals surface area (Å²) in [5, 5.41) is 15.2. The summed E-state index contributed by atoms with van der Waals surface area (Å²) in [7, 11) is 0. The van der Waals surface area contributed by atoms with Gasteiger partial charge in [0.15, 0.2) is 0 Å². The van der Waals surface area contributed by atoms with Crippen molar-refractivity contribution in [3.8, 4) is 0 Å². The molecule has 0 aliphatic heterocycles. The second-order valence-corrected chi connectivity index (χ2v) is 9.94. The molecule has 0 aliphatic carbocycles. The van der Waals surface area contributed by atoms with Crippen LogP contribution in [0.1, 0.15) is 52.1 Å². The first kappa shape index (κ1) is 29.3. The van der Waals surface area contributed by atoms with Crippen molar-refractivity contribution in [3.05, 3.63) is 81.0 Å². The normalized spacial score (nSPS) is 15.1. The number of hydrogen-bond donors (Lipinski definition) is 4. The van der Waals surface area contributed by atoms with Gasteiger partial charge in [-0.3, -0.25) is 14.4 Å². The predicted molar refractivity (Wildman–Crippen MR) is 148 cm³/mol. The average molecular weight is 537 g/mol. The number of carbonyl (C=O) groups excluding carboxylic acids is 2. The van der Waals surface area contributed by atoms with Gasteiger partial charge in [-0.15, -0.1) is 0 Å². The van der Waals surface area contributed by atoms with Crippen molar-refractivity contribution < 1.29 is 19.5 Å². The number of fused-ring (bicyclic) bond motifs is 1. The highest BCUT2D eigenvalue weighted by atomic mass is 16.4. The summed E-state index contributed by atoms with van der Waals surface area (Å²) in [6.45, 7) is 7.17. The molecule has 10 heteroatoms. The lowest BCUT2D eigenvalue weighted by Gasteiger charge is -2.29. The number of benzene rings is 2. The second kappa shape index (κ2) is 13.0. The molecule has 2 aromatic carbocycles. The fourth-order valence-corrected chi connectivity index (χ4v) is 4.48. The first-order chi connectivity index (χ1) is 18.6. The predicted octanol–water partition coefficient (Wildman–Crippen LogP) is 2.62. The third-order valence-corrected chi connectivity index (χ3v) is 7.29. The van der Waals surface area contributed by atoms with E-state index in [2.05, 4.69) is 15.6 Å². The van der Waals surface area contributed by atoms with Gasteiger partial charge in [0, 0.05) is 6.42 Å². The summed E-state index contributed by atoms with van der Waals surface area (Å²) in [4.78, 5) is 68.2. The Morgan fingerprint density at radius 1 is 0.846 bits per heavy atom. The molecular weight excluding hydrogens is 500 g/mol. The first-order valence-electron chi connectivity index (χ1n) is 13.2. The number of nitrogens with one attached hydrogen (secondary N) is 3. The lowest BCUT2D eigenvalue weighted by Crippen LogP contribution is -2.57. The number of aromatic nitrogens is 2. The minimum Gasteiger partial charge on any atom is -0.480 e. The van der Waals surface area contributed by atoms with E-state index in [-0.39, 0.29) is 23.6 Å². The fourth-order valence-electron chi connectivity index (χ4n) is 4.48. The third-order valence-electron chi connectivity index (χ3n) is 7.29. The second-order valence-electron chi connectivity index (χ2n) is 9.94. The Hall–Kier alpha value is -4.21. The van der Waals surface area contributed by atoms with E-state index in [4.69, 9.17) is 0 Å². The number of aromatic amines is 1. The van der Waals surface area contributed by atoms with Gasteiger partial charge >= 0.3 is 11.7 Å². The molecule has 10 nitrogen and oxygen atoms in total. The summed E-state index contributed by atoms with van der Waals surface area (Å²) < 4.78 is 0.884. The average Bonchev–Trinajstić information content (AvgIpc) is 2.93. The molecule has 0 saturated heterocycles. The fraction of sp³-hybridized carbons (Fsp3) is 0.414. The summed E-state index contributed by atoms with van der Waals surface area (Å²) in [5.41, 5.74) is -0.312. The van der Waals surface area contributed by atoms with Gasteiger partial charge in [-0.25, -0.2) is 14.2 Å². The SMILES string of the molecule is CC[C@@H](C)[C@H](NC(=O)[C@@H](NC(=O)[C@H](Cc1ccccc1)n1c(=O)[nH]c2ccccc2c1=O)[C@@H](C)CC)C(=O)O. The molecule has 39 heavy (non-hydrogen) atoms. The van der Waals surface area contributed by atoms with Gasteiger partial charge in [-0.2, -0.15) is 0 Å². The zero-order chi connectivity index (χ0) is 28.7. The summed E-state index contributed by atoms with van der Waals surface area (Å²) >= 11 is 0. The van der Waals surface area contributed by atoms with Crippen LogP contribution < -0.4 is 21.9 Å². The number of hydrogen-bond acceptors (Lipinski definition) is 5. The van der Waals surface area contributed by atoms with Gasteiger partial charge in [-0.1, -0.05) is 83.0 Å². The number of carboxylic acid groups (broad SMARTS) is 1. The van der Waals surface area contributed by atoms with Crippen molar-refractivity contribution in [3.63, 3.8) is 0 Å². The lowest BCUT2D eigenvalue weighted by molar-refractivity contribution is -0.144. The van der Waals surface area contributed by atoms with Crippen LogP contribution in [0.5, 0.6) is 0 Å². The minimum absolute atomic E-state index is 0.0213. The van der Waals surface area contributed by atoms with Crippen LogP contribution in [0.4, 0.5) is 0 Å². The number of amides is 2. The van der Waals surface area contributed by atoms with Crippen molar-refractivity contribution in [2.45, 2.75) is 65.1 Å². The molecule has 0 unspecified atom stereocenters. The molecule has 1 aromatic heterocycles. The molecule has 3 rings (SSSR count). The molecule has 1 heterocycles. The van der Waals surface area contributed by atoms with Crippen LogP contribution >= 0.6 is 0 Å². The number of carbonyl (C=O) groups is 3. The highest BCUT2D eigenvalue weighted by Crippen LogP contribution is 2.17. The van der Waals surface area contributed by atoms with Gasteiger partial charge in [0.25, 0.3) is 5.56 Å². The van der Waals surface area contributed by atoms with Crippen LogP contribution in [0.2, 0.25) is 0 Å². The maximum absolute atomic E-state index is 13.8. The van der Waals surface area contributed by atoms with Crippen molar-refractivity contribution in [1.29, 1.82) is 0 Å². The van der Waals surface area contributed by atoms with Crippen LogP contribution in [0.3, 0.4) is 0 Å². The van der Waals surface area contributed by atoms with E-state index in [1.165, 1.54) is 0 Å². The van der Waals surface area contributed by atoms with Crippen molar-refractivity contribution in [1.82, 2.24) is 20.2 Å². The Labute approximate surface area is 226 Å². The van der Waals surface area contributed by atoms with Crippen molar-refractivity contribution >= 4 is 28.7 Å².